The maximum Gasteiger partial charge on any atom is 0.248 e. The van der Waals surface area contributed by atoms with Crippen LogP contribution >= 0.6 is 0 Å². The van der Waals surface area contributed by atoms with E-state index in [-0.39, 0.29) is 17.9 Å². The van der Waals surface area contributed by atoms with Crippen molar-refractivity contribution in [1.29, 1.82) is 0 Å². The average Bonchev–Trinajstić information content (AvgIpc) is 3.57. The summed E-state index contributed by atoms with van der Waals surface area (Å²) >= 11 is 0. The summed E-state index contributed by atoms with van der Waals surface area (Å²) in [6.45, 7) is 10.1. The fraction of sp³-hybridized carbons (Fsp3) is 0.542. The van der Waals surface area contributed by atoms with E-state index >= 15 is 0 Å². The maximum absolute atomic E-state index is 13.6. The third kappa shape index (κ3) is 3.75. The Kier molecular flexibility index (Phi) is 6.07. The molecule has 1 unspecified atom stereocenters. The average molecular weight is 465 g/mol. The van der Waals surface area contributed by atoms with Gasteiger partial charge in [-0.2, -0.15) is 4.98 Å². The predicted molar refractivity (Wildman–Crippen MR) is 131 cm³/mol. The number of carbonyl (C=O) groups excluding carboxylic acids is 2. The highest BCUT2D eigenvalue weighted by Crippen LogP contribution is 2.47. The van der Waals surface area contributed by atoms with Gasteiger partial charge in [0.15, 0.2) is 5.41 Å². The molecule has 1 atom stereocenters. The monoisotopic (exact) mass is 464 g/mol. The first-order valence-corrected chi connectivity index (χ1v) is 12.1. The fourth-order valence-electron chi connectivity index (χ4n) is 5.50. The molecule has 0 aromatic carbocycles. The molecule has 2 amide bonds. The van der Waals surface area contributed by atoms with E-state index in [4.69, 9.17) is 4.98 Å². The van der Waals surface area contributed by atoms with Gasteiger partial charge >= 0.3 is 0 Å². The van der Waals surface area contributed by atoms with Crippen molar-refractivity contribution >= 4 is 30.3 Å². The molecule has 5 rings (SSSR count). The number of allylic oxidation sites excluding steroid dienone is 3. The Morgan fingerprint density at radius 1 is 1.24 bits per heavy atom. The zero-order valence-electron chi connectivity index (χ0n) is 19.6. The lowest BCUT2D eigenvalue weighted by Crippen LogP contribution is -2.48. The minimum Gasteiger partial charge on any atom is -0.372 e. The zero-order valence-corrected chi connectivity index (χ0v) is 19.6. The number of amides is 2. The lowest BCUT2D eigenvalue weighted by Gasteiger charge is -2.29. The second kappa shape index (κ2) is 9.17. The first kappa shape index (κ1) is 22.5. The van der Waals surface area contributed by atoms with Crippen LogP contribution in [0.15, 0.2) is 34.9 Å². The van der Waals surface area contributed by atoms with E-state index in [0.29, 0.717) is 36.1 Å². The number of anilines is 2. The Bertz CT molecular complexity index is 1060. The predicted octanol–water partition coefficient (Wildman–Crippen LogP) is 1.29. The molecule has 4 aliphatic rings. The van der Waals surface area contributed by atoms with Gasteiger partial charge in [0.25, 0.3) is 0 Å². The van der Waals surface area contributed by atoms with Gasteiger partial charge in [0.1, 0.15) is 11.6 Å². The number of hydrogen-bond acceptors (Lipinski definition) is 8. The molecule has 180 valence electrons. The molecule has 1 spiro atoms. The standard InChI is InChI=1S/C24H32N8O2/c1-16(31-13-11-26-12-14-31)7-8-19(25-2)29-23-28-15-18-20(30-23)32(17-5-3-4-6-17)22(34)24(18)9-10-27-21(24)33/h7-8,15,17,26H,2-6,9-14H2,1H3,(H,27,33)(H,28,29,30)/b16-7+,19-8+. The molecule has 1 saturated carbocycles. The van der Waals surface area contributed by atoms with Gasteiger partial charge < -0.3 is 20.9 Å². The number of carbonyl (C=O) groups is 2. The third-order valence-electron chi connectivity index (χ3n) is 7.41. The lowest BCUT2D eigenvalue weighted by molar-refractivity contribution is -0.133. The van der Waals surface area contributed by atoms with Crippen LogP contribution in [0, 0.1) is 0 Å². The number of piperazine rings is 1. The largest absolute Gasteiger partial charge is 0.372 e. The fourth-order valence-corrected chi connectivity index (χ4v) is 5.50. The van der Waals surface area contributed by atoms with Crippen molar-refractivity contribution in [1.82, 2.24) is 25.5 Å². The normalized spacial score (nSPS) is 25.8. The van der Waals surface area contributed by atoms with Gasteiger partial charge in [-0.1, -0.05) is 12.8 Å². The third-order valence-corrected chi connectivity index (χ3v) is 7.41. The van der Waals surface area contributed by atoms with E-state index in [1.54, 1.807) is 11.1 Å². The molecular weight excluding hydrogens is 432 g/mol. The van der Waals surface area contributed by atoms with Crippen molar-refractivity contribution in [3.8, 4) is 0 Å². The van der Waals surface area contributed by atoms with Gasteiger partial charge in [0.05, 0.1) is 0 Å². The van der Waals surface area contributed by atoms with Gasteiger partial charge in [0.2, 0.25) is 17.8 Å². The summed E-state index contributed by atoms with van der Waals surface area (Å²) in [5.74, 6) is 0.979. The molecular formula is C24H32N8O2. The number of hydrogen-bond donors (Lipinski definition) is 3. The van der Waals surface area contributed by atoms with E-state index in [2.05, 4.69) is 44.5 Å². The van der Waals surface area contributed by atoms with E-state index in [0.717, 1.165) is 57.6 Å². The molecule has 1 aromatic heterocycles. The number of aliphatic imine (C=N–C) groups is 1. The number of fused-ring (bicyclic) bond motifs is 2. The smallest absolute Gasteiger partial charge is 0.248 e. The van der Waals surface area contributed by atoms with E-state index in [9.17, 15) is 9.59 Å². The zero-order chi connectivity index (χ0) is 23.7. The Hall–Kier alpha value is -3.27. The van der Waals surface area contributed by atoms with Crippen LogP contribution in [0.5, 0.6) is 0 Å². The molecule has 3 fully saturated rings. The van der Waals surface area contributed by atoms with Crippen molar-refractivity contribution in [2.75, 3.05) is 42.9 Å². The summed E-state index contributed by atoms with van der Waals surface area (Å²) in [4.78, 5) is 43.8. The van der Waals surface area contributed by atoms with Gasteiger partial charge in [-0.25, -0.2) is 9.98 Å². The van der Waals surface area contributed by atoms with Crippen LogP contribution in [-0.4, -0.2) is 72.2 Å². The molecule has 3 N–H and O–H groups in total. The number of rotatable bonds is 6. The van der Waals surface area contributed by atoms with Crippen LogP contribution in [0.25, 0.3) is 0 Å². The quantitative estimate of drug-likeness (QED) is 0.330. The van der Waals surface area contributed by atoms with Crippen molar-refractivity contribution < 1.29 is 9.59 Å². The summed E-state index contributed by atoms with van der Waals surface area (Å²) in [6, 6.07) is 0.0685. The molecule has 1 aliphatic carbocycles. The van der Waals surface area contributed by atoms with Crippen LogP contribution in [-0.2, 0) is 15.0 Å². The highest BCUT2D eigenvalue weighted by molar-refractivity contribution is 6.22. The topological polar surface area (TPSA) is 115 Å². The molecule has 34 heavy (non-hydrogen) atoms. The number of nitrogens with one attached hydrogen (secondary N) is 3. The van der Waals surface area contributed by atoms with Gasteiger partial charge in [-0.3, -0.25) is 14.5 Å². The summed E-state index contributed by atoms with van der Waals surface area (Å²) in [6.07, 6.45) is 9.92. The number of aromatic nitrogens is 2. The second-order valence-electron chi connectivity index (χ2n) is 9.34. The molecule has 3 aliphatic heterocycles. The molecule has 0 bridgehead atoms. The van der Waals surface area contributed by atoms with Crippen LogP contribution in [0.3, 0.4) is 0 Å². The Morgan fingerprint density at radius 3 is 2.68 bits per heavy atom. The number of nitrogens with zero attached hydrogens (tertiary/aromatic N) is 5. The molecule has 2 saturated heterocycles. The minimum absolute atomic E-state index is 0.0685. The molecule has 4 heterocycles. The van der Waals surface area contributed by atoms with E-state index in [1.807, 2.05) is 12.2 Å². The molecule has 10 nitrogen and oxygen atoms in total. The minimum atomic E-state index is -1.20. The van der Waals surface area contributed by atoms with Gasteiger partial charge in [-0.05, 0) is 45.1 Å². The lowest BCUT2D eigenvalue weighted by atomic mass is 9.81. The van der Waals surface area contributed by atoms with Crippen molar-refractivity contribution in [2.24, 2.45) is 4.99 Å². The molecule has 0 radical (unpaired) electrons. The maximum atomic E-state index is 13.6. The van der Waals surface area contributed by atoms with Crippen LogP contribution in [0.1, 0.15) is 44.6 Å². The summed E-state index contributed by atoms with van der Waals surface area (Å²) in [5.41, 5.74) is 0.553. The van der Waals surface area contributed by atoms with E-state index < -0.39 is 5.41 Å². The first-order valence-electron chi connectivity index (χ1n) is 12.1. The summed E-state index contributed by atoms with van der Waals surface area (Å²) < 4.78 is 0. The molecule has 1 aromatic rings. The highest BCUT2D eigenvalue weighted by Gasteiger charge is 2.60. The summed E-state index contributed by atoms with van der Waals surface area (Å²) in [5, 5.41) is 9.32. The van der Waals surface area contributed by atoms with Crippen molar-refractivity contribution in [2.45, 2.75) is 50.5 Å². The Labute approximate surface area is 199 Å². The molecule has 10 heteroatoms. The summed E-state index contributed by atoms with van der Waals surface area (Å²) in [7, 11) is 0. The van der Waals surface area contributed by atoms with Crippen LogP contribution < -0.4 is 20.9 Å². The Morgan fingerprint density at radius 2 is 2.00 bits per heavy atom. The van der Waals surface area contributed by atoms with Crippen LogP contribution in [0.2, 0.25) is 0 Å². The van der Waals surface area contributed by atoms with Crippen molar-refractivity contribution in [3.63, 3.8) is 0 Å². The first-order chi connectivity index (χ1) is 16.5. The van der Waals surface area contributed by atoms with Crippen molar-refractivity contribution in [3.05, 3.63) is 35.4 Å². The van der Waals surface area contributed by atoms with Gasteiger partial charge in [-0.15, -0.1) is 0 Å². The Balaban J connectivity index is 1.43. The second-order valence-corrected chi connectivity index (χ2v) is 9.34. The SMILES string of the molecule is C=N/C(=C\C=C(/C)N1CCNCC1)Nc1ncc2c(n1)N(C1CCCC1)C(=O)C21CCNC1=O. The van der Waals surface area contributed by atoms with Gasteiger partial charge in [0, 0.05) is 56.2 Å². The highest BCUT2D eigenvalue weighted by atomic mass is 16.2. The van der Waals surface area contributed by atoms with Crippen LogP contribution in [0.4, 0.5) is 11.8 Å². The van der Waals surface area contributed by atoms with E-state index in [1.165, 1.54) is 0 Å².